The van der Waals surface area contributed by atoms with Gasteiger partial charge in [0.25, 0.3) is 0 Å². The zero-order valence-corrected chi connectivity index (χ0v) is 14.5. The lowest BCUT2D eigenvalue weighted by Crippen LogP contribution is -2.41. The molecule has 0 radical (unpaired) electrons. The standard InChI is InChI=1S/C17H27N5O/c1-13-12-18-17(19-15(13)20(2)3)22-9-5-8-21(10-11-22)16(23)14-6-4-7-14/h12,14H,4-11H2,1-3H3. The molecule has 1 saturated heterocycles. The van der Waals surface area contributed by atoms with E-state index in [1.54, 1.807) is 0 Å². The van der Waals surface area contributed by atoms with Gasteiger partial charge in [0.05, 0.1) is 0 Å². The van der Waals surface area contributed by atoms with Gasteiger partial charge < -0.3 is 14.7 Å². The summed E-state index contributed by atoms with van der Waals surface area (Å²) in [5.41, 5.74) is 1.08. The van der Waals surface area contributed by atoms with Gasteiger partial charge in [0.1, 0.15) is 5.82 Å². The Kier molecular flexibility index (Phi) is 4.68. The summed E-state index contributed by atoms with van der Waals surface area (Å²) in [6, 6.07) is 0. The molecule has 1 aliphatic carbocycles. The Balaban J connectivity index is 1.68. The highest BCUT2D eigenvalue weighted by molar-refractivity contribution is 5.79. The Morgan fingerprint density at radius 1 is 1.17 bits per heavy atom. The first kappa shape index (κ1) is 16.0. The second-order valence-electron chi connectivity index (χ2n) is 6.86. The summed E-state index contributed by atoms with van der Waals surface area (Å²) in [5.74, 6) is 2.38. The molecule has 6 nitrogen and oxygen atoms in total. The first-order valence-corrected chi connectivity index (χ1v) is 8.61. The van der Waals surface area contributed by atoms with E-state index in [1.165, 1.54) is 6.42 Å². The number of rotatable bonds is 3. The van der Waals surface area contributed by atoms with Gasteiger partial charge in [-0.2, -0.15) is 4.98 Å². The smallest absolute Gasteiger partial charge is 0.227 e. The molecule has 1 saturated carbocycles. The number of amides is 1. The van der Waals surface area contributed by atoms with Crippen LogP contribution in [0.4, 0.5) is 11.8 Å². The van der Waals surface area contributed by atoms with Crippen molar-refractivity contribution in [1.29, 1.82) is 0 Å². The average molecular weight is 317 g/mol. The first-order valence-electron chi connectivity index (χ1n) is 8.61. The maximum absolute atomic E-state index is 12.4. The SMILES string of the molecule is Cc1cnc(N2CCCN(C(=O)C3CCC3)CC2)nc1N(C)C. The van der Waals surface area contributed by atoms with Crippen molar-refractivity contribution in [2.45, 2.75) is 32.6 Å². The number of hydrogen-bond acceptors (Lipinski definition) is 5. The van der Waals surface area contributed by atoms with Crippen molar-refractivity contribution >= 4 is 17.7 Å². The third-order valence-electron chi connectivity index (χ3n) is 4.90. The minimum Gasteiger partial charge on any atom is -0.362 e. The van der Waals surface area contributed by atoms with Crippen LogP contribution in [0, 0.1) is 12.8 Å². The van der Waals surface area contributed by atoms with Gasteiger partial charge in [-0.25, -0.2) is 4.98 Å². The normalized spacial score (nSPS) is 19.3. The maximum atomic E-state index is 12.4. The third-order valence-corrected chi connectivity index (χ3v) is 4.90. The largest absolute Gasteiger partial charge is 0.362 e. The Hall–Kier alpha value is -1.85. The Labute approximate surface area is 138 Å². The van der Waals surface area contributed by atoms with Crippen molar-refractivity contribution in [1.82, 2.24) is 14.9 Å². The molecule has 0 N–H and O–H groups in total. The molecule has 0 bridgehead atoms. The van der Waals surface area contributed by atoms with Crippen LogP contribution < -0.4 is 9.80 Å². The number of aromatic nitrogens is 2. The number of carbonyl (C=O) groups excluding carboxylic acids is 1. The Bertz CT molecular complexity index is 570. The van der Waals surface area contributed by atoms with Crippen LogP contribution >= 0.6 is 0 Å². The van der Waals surface area contributed by atoms with E-state index in [4.69, 9.17) is 4.98 Å². The van der Waals surface area contributed by atoms with Gasteiger partial charge in [0.2, 0.25) is 11.9 Å². The van der Waals surface area contributed by atoms with Crippen LogP contribution in [0.3, 0.4) is 0 Å². The molecule has 23 heavy (non-hydrogen) atoms. The lowest BCUT2D eigenvalue weighted by Gasteiger charge is -2.31. The van der Waals surface area contributed by atoms with Crippen LogP contribution in [0.1, 0.15) is 31.2 Å². The number of aryl methyl sites for hydroxylation is 1. The van der Waals surface area contributed by atoms with Crippen LogP contribution in [0.5, 0.6) is 0 Å². The molecule has 2 heterocycles. The van der Waals surface area contributed by atoms with E-state index in [1.807, 2.05) is 37.0 Å². The first-order chi connectivity index (χ1) is 11.1. The minimum atomic E-state index is 0.289. The summed E-state index contributed by atoms with van der Waals surface area (Å²) in [5, 5.41) is 0. The number of nitrogens with zero attached hydrogens (tertiary/aromatic N) is 5. The third kappa shape index (κ3) is 3.41. The molecule has 1 aromatic heterocycles. The molecule has 3 rings (SSSR count). The fourth-order valence-corrected chi connectivity index (χ4v) is 3.28. The van der Waals surface area contributed by atoms with Crippen LogP contribution in [-0.4, -0.2) is 61.0 Å². The molecular weight excluding hydrogens is 290 g/mol. The van der Waals surface area contributed by atoms with Crippen LogP contribution in [0.25, 0.3) is 0 Å². The summed E-state index contributed by atoms with van der Waals surface area (Å²) in [6.45, 7) is 5.39. The van der Waals surface area contributed by atoms with Gasteiger partial charge in [0.15, 0.2) is 0 Å². The minimum absolute atomic E-state index is 0.289. The van der Waals surface area contributed by atoms with E-state index in [2.05, 4.69) is 9.88 Å². The van der Waals surface area contributed by atoms with E-state index in [0.717, 1.165) is 62.8 Å². The van der Waals surface area contributed by atoms with Gasteiger partial charge in [-0.1, -0.05) is 6.42 Å². The van der Waals surface area contributed by atoms with Crippen molar-refractivity contribution in [3.05, 3.63) is 11.8 Å². The quantitative estimate of drug-likeness (QED) is 0.849. The number of hydrogen-bond donors (Lipinski definition) is 0. The fraction of sp³-hybridized carbons (Fsp3) is 0.706. The lowest BCUT2D eigenvalue weighted by atomic mass is 9.84. The molecule has 0 spiro atoms. The highest BCUT2D eigenvalue weighted by Crippen LogP contribution is 2.28. The number of anilines is 2. The summed E-state index contributed by atoms with van der Waals surface area (Å²) in [4.78, 5) is 27.9. The molecule has 2 aliphatic rings. The molecule has 1 aliphatic heterocycles. The zero-order valence-electron chi connectivity index (χ0n) is 14.5. The second kappa shape index (κ2) is 6.72. The Morgan fingerprint density at radius 3 is 2.61 bits per heavy atom. The summed E-state index contributed by atoms with van der Waals surface area (Å²) >= 11 is 0. The molecular formula is C17H27N5O. The van der Waals surface area contributed by atoms with Crippen molar-refractivity contribution < 1.29 is 4.79 Å². The Morgan fingerprint density at radius 2 is 1.96 bits per heavy atom. The van der Waals surface area contributed by atoms with Crippen LogP contribution in [-0.2, 0) is 4.79 Å². The van der Waals surface area contributed by atoms with Crippen LogP contribution in [0.15, 0.2) is 6.20 Å². The fourth-order valence-electron chi connectivity index (χ4n) is 3.28. The van der Waals surface area contributed by atoms with E-state index >= 15 is 0 Å². The average Bonchev–Trinajstić information content (AvgIpc) is 2.71. The monoisotopic (exact) mass is 317 g/mol. The predicted molar refractivity (Wildman–Crippen MR) is 91.8 cm³/mol. The summed E-state index contributed by atoms with van der Waals surface area (Å²) < 4.78 is 0. The van der Waals surface area contributed by atoms with Gasteiger partial charge >= 0.3 is 0 Å². The van der Waals surface area contributed by atoms with Crippen molar-refractivity contribution in [2.75, 3.05) is 50.1 Å². The van der Waals surface area contributed by atoms with Gasteiger partial charge in [0, 0.05) is 58.0 Å². The molecule has 2 fully saturated rings. The summed E-state index contributed by atoms with van der Waals surface area (Å²) in [6.07, 6.45) is 6.23. The van der Waals surface area contributed by atoms with Crippen molar-refractivity contribution in [2.24, 2.45) is 5.92 Å². The van der Waals surface area contributed by atoms with E-state index in [0.29, 0.717) is 5.91 Å². The zero-order chi connectivity index (χ0) is 16.4. The molecule has 1 aromatic rings. The predicted octanol–water partition coefficient (Wildman–Crippen LogP) is 1.69. The van der Waals surface area contributed by atoms with E-state index in [9.17, 15) is 4.79 Å². The maximum Gasteiger partial charge on any atom is 0.227 e. The second-order valence-corrected chi connectivity index (χ2v) is 6.86. The van der Waals surface area contributed by atoms with Crippen LogP contribution in [0.2, 0.25) is 0 Å². The molecule has 0 atom stereocenters. The topological polar surface area (TPSA) is 52.6 Å². The highest BCUT2D eigenvalue weighted by atomic mass is 16.2. The summed E-state index contributed by atoms with van der Waals surface area (Å²) in [7, 11) is 4.00. The molecule has 1 amide bonds. The van der Waals surface area contributed by atoms with E-state index in [-0.39, 0.29) is 5.92 Å². The molecule has 126 valence electrons. The molecule has 0 unspecified atom stereocenters. The van der Waals surface area contributed by atoms with Crippen molar-refractivity contribution in [3.8, 4) is 0 Å². The highest BCUT2D eigenvalue weighted by Gasteiger charge is 2.30. The lowest BCUT2D eigenvalue weighted by molar-refractivity contribution is -0.137. The van der Waals surface area contributed by atoms with Gasteiger partial charge in [-0.15, -0.1) is 0 Å². The van der Waals surface area contributed by atoms with Gasteiger partial charge in [-0.3, -0.25) is 4.79 Å². The van der Waals surface area contributed by atoms with E-state index < -0.39 is 0 Å². The number of carbonyl (C=O) groups is 1. The molecule has 6 heteroatoms. The molecule has 0 aromatic carbocycles. The van der Waals surface area contributed by atoms with Crippen molar-refractivity contribution in [3.63, 3.8) is 0 Å². The van der Waals surface area contributed by atoms with Gasteiger partial charge in [-0.05, 0) is 26.2 Å².